The zero-order valence-electron chi connectivity index (χ0n) is 18.9. The standard InChI is InChI=1S/C26H30N2O5/c1-15(2)23(13-24(29)30)28-25(31)16-11-17(12-16)27-26(32)33-14-22-20-9-5-3-7-18(20)19-8-4-6-10-21(19)22/h3-10,15-17,22-23H,11-14H2,1-2H3,(H,27,32)(H,28,31)(H,29,30). The van der Waals surface area contributed by atoms with Crippen LogP contribution in [0.3, 0.4) is 0 Å². The molecule has 2 aliphatic carbocycles. The van der Waals surface area contributed by atoms with Crippen molar-refractivity contribution in [2.75, 3.05) is 6.61 Å². The maximum Gasteiger partial charge on any atom is 0.407 e. The lowest BCUT2D eigenvalue weighted by Gasteiger charge is -2.35. The number of aliphatic carboxylic acids is 1. The lowest BCUT2D eigenvalue weighted by atomic mass is 9.79. The van der Waals surface area contributed by atoms with E-state index in [0.717, 1.165) is 11.1 Å². The molecular formula is C26H30N2O5. The molecule has 0 radical (unpaired) electrons. The summed E-state index contributed by atoms with van der Waals surface area (Å²) in [4.78, 5) is 35.8. The van der Waals surface area contributed by atoms with Crippen LogP contribution in [0, 0.1) is 11.8 Å². The quantitative estimate of drug-likeness (QED) is 0.565. The number of carboxylic acid groups (broad SMARTS) is 1. The monoisotopic (exact) mass is 450 g/mol. The van der Waals surface area contributed by atoms with Crippen molar-refractivity contribution in [3.05, 3.63) is 59.7 Å². The molecular weight excluding hydrogens is 420 g/mol. The molecule has 1 atom stereocenters. The average molecular weight is 451 g/mol. The highest BCUT2D eigenvalue weighted by molar-refractivity contribution is 5.81. The molecule has 0 heterocycles. The summed E-state index contributed by atoms with van der Waals surface area (Å²) >= 11 is 0. The fourth-order valence-corrected chi connectivity index (χ4v) is 4.70. The number of ether oxygens (including phenoxy) is 1. The Kier molecular flexibility index (Phi) is 6.67. The number of hydrogen-bond acceptors (Lipinski definition) is 4. The highest BCUT2D eigenvalue weighted by atomic mass is 16.5. The van der Waals surface area contributed by atoms with E-state index in [1.165, 1.54) is 11.1 Å². The minimum atomic E-state index is -0.933. The zero-order chi connectivity index (χ0) is 23.5. The molecule has 0 spiro atoms. The molecule has 2 aromatic carbocycles. The molecule has 3 N–H and O–H groups in total. The van der Waals surface area contributed by atoms with Crippen LogP contribution in [0.25, 0.3) is 11.1 Å². The van der Waals surface area contributed by atoms with Gasteiger partial charge in [0.2, 0.25) is 5.91 Å². The van der Waals surface area contributed by atoms with Crippen molar-refractivity contribution in [2.24, 2.45) is 11.8 Å². The highest BCUT2D eigenvalue weighted by Crippen LogP contribution is 2.44. The second-order valence-electron chi connectivity index (χ2n) is 9.29. The predicted octanol–water partition coefficient (Wildman–Crippen LogP) is 3.92. The Morgan fingerprint density at radius 3 is 2.12 bits per heavy atom. The fraction of sp³-hybridized carbons (Fsp3) is 0.423. The van der Waals surface area contributed by atoms with Gasteiger partial charge in [0.25, 0.3) is 0 Å². The van der Waals surface area contributed by atoms with Crippen molar-refractivity contribution in [3.8, 4) is 11.1 Å². The van der Waals surface area contributed by atoms with E-state index < -0.39 is 18.1 Å². The first kappa shape index (κ1) is 22.8. The number of hydrogen-bond donors (Lipinski definition) is 3. The molecule has 2 amide bonds. The topological polar surface area (TPSA) is 105 Å². The van der Waals surface area contributed by atoms with Gasteiger partial charge < -0.3 is 20.5 Å². The average Bonchev–Trinajstić information content (AvgIpc) is 3.07. The summed E-state index contributed by atoms with van der Waals surface area (Å²) in [5, 5.41) is 14.7. The molecule has 0 saturated heterocycles. The van der Waals surface area contributed by atoms with Crippen LogP contribution >= 0.6 is 0 Å². The predicted molar refractivity (Wildman–Crippen MR) is 124 cm³/mol. The van der Waals surface area contributed by atoms with E-state index in [-0.39, 0.29) is 42.7 Å². The van der Waals surface area contributed by atoms with Gasteiger partial charge in [-0.15, -0.1) is 0 Å². The molecule has 1 unspecified atom stereocenters. The van der Waals surface area contributed by atoms with E-state index in [9.17, 15) is 14.4 Å². The minimum Gasteiger partial charge on any atom is -0.481 e. The third-order valence-electron chi connectivity index (χ3n) is 6.70. The highest BCUT2D eigenvalue weighted by Gasteiger charge is 2.37. The summed E-state index contributed by atoms with van der Waals surface area (Å²) in [7, 11) is 0. The van der Waals surface area contributed by atoms with E-state index in [1.807, 2.05) is 38.1 Å². The van der Waals surface area contributed by atoms with Gasteiger partial charge in [-0.1, -0.05) is 62.4 Å². The Bertz CT molecular complexity index is 999. The van der Waals surface area contributed by atoms with Crippen molar-refractivity contribution in [2.45, 2.75) is 51.1 Å². The van der Waals surface area contributed by atoms with E-state index >= 15 is 0 Å². The van der Waals surface area contributed by atoms with Gasteiger partial charge in [0.15, 0.2) is 0 Å². The van der Waals surface area contributed by atoms with Crippen LogP contribution in [0.5, 0.6) is 0 Å². The summed E-state index contributed by atoms with van der Waals surface area (Å²) in [6, 6.07) is 15.8. The molecule has 0 aromatic heterocycles. The molecule has 7 heteroatoms. The van der Waals surface area contributed by atoms with Gasteiger partial charge >= 0.3 is 12.1 Å². The molecule has 4 rings (SSSR count). The Balaban J connectivity index is 1.25. The van der Waals surface area contributed by atoms with Gasteiger partial charge in [-0.3, -0.25) is 9.59 Å². The van der Waals surface area contributed by atoms with E-state index in [4.69, 9.17) is 9.84 Å². The van der Waals surface area contributed by atoms with Gasteiger partial charge in [-0.2, -0.15) is 0 Å². The zero-order valence-corrected chi connectivity index (χ0v) is 18.9. The number of alkyl carbamates (subject to hydrolysis) is 1. The normalized spacial score (nSPS) is 19.7. The van der Waals surface area contributed by atoms with Gasteiger partial charge in [-0.05, 0) is 41.0 Å². The molecule has 174 valence electrons. The summed E-state index contributed by atoms with van der Waals surface area (Å²) in [6.45, 7) is 4.02. The molecule has 0 aliphatic heterocycles. The van der Waals surface area contributed by atoms with Crippen LogP contribution in [0.4, 0.5) is 4.79 Å². The summed E-state index contributed by atoms with van der Waals surface area (Å²) in [6.07, 6.45) is 0.464. The summed E-state index contributed by atoms with van der Waals surface area (Å²) in [5.74, 6) is -1.28. The van der Waals surface area contributed by atoms with Crippen molar-refractivity contribution in [1.29, 1.82) is 0 Å². The Morgan fingerprint density at radius 2 is 1.58 bits per heavy atom. The van der Waals surface area contributed by atoms with E-state index in [1.54, 1.807) is 0 Å². The Labute approximate surface area is 193 Å². The van der Waals surface area contributed by atoms with E-state index in [2.05, 4.69) is 34.9 Å². The van der Waals surface area contributed by atoms with Gasteiger partial charge in [0, 0.05) is 23.9 Å². The number of carboxylic acids is 1. The summed E-state index contributed by atoms with van der Waals surface area (Å²) < 4.78 is 5.57. The smallest absolute Gasteiger partial charge is 0.407 e. The maximum absolute atomic E-state index is 12.4. The Hall–Kier alpha value is -3.35. The third kappa shape index (κ3) is 5.02. The van der Waals surface area contributed by atoms with Gasteiger partial charge in [0.05, 0.1) is 6.42 Å². The van der Waals surface area contributed by atoms with Crippen molar-refractivity contribution in [3.63, 3.8) is 0 Å². The summed E-state index contributed by atoms with van der Waals surface area (Å²) in [5.41, 5.74) is 4.68. The fourth-order valence-electron chi connectivity index (χ4n) is 4.70. The number of rotatable bonds is 8. The van der Waals surface area contributed by atoms with Crippen LogP contribution in [-0.2, 0) is 14.3 Å². The molecule has 7 nitrogen and oxygen atoms in total. The second-order valence-corrected chi connectivity index (χ2v) is 9.29. The third-order valence-corrected chi connectivity index (χ3v) is 6.70. The number of benzene rings is 2. The maximum atomic E-state index is 12.4. The van der Waals surface area contributed by atoms with Crippen molar-refractivity contribution in [1.82, 2.24) is 10.6 Å². The molecule has 1 saturated carbocycles. The van der Waals surface area contributed by atoms with E-state index in [0.29, 0.717) is 12.8 Å². The second kappa shape index (κ2) is 9.65. The largest absolute Gasteiger partial charge is 0.481 e. The lowest BCUT2D eigenvalue weighted by molar-refractivity contribution is -0.138. The number of carbonyl (C=O) groups excluding carboxylic acids is 2. The first-order valence-corrected chi connectivity index (χ1v) is 11.5. The molecule has 2 aliphatic rings. The molecule has 0 bridgehead atoms. The van der Waals surface area contributed by atoms with Crippen LogP contribution < -0.4 is 10.6 Å². The van der Waals surface area contributed by atoms with Gasteiger partial charge in [-0.25, -0.2) is 4.79 Å². The van der Waals surface area contributed by atoms with Crippen LogP contribution in [0.1, 0.15) is 50.2 Å². The van der Waals surface area contributed by atoms with Crippen LogP contribution in [0.2, 0.25) is 0 Å². The SMILES string of the molecule is CC(C)C(CC(=O)O)NC(=O)C1CC(NC(=O)OCC2c3ccccc3-c3ccccc32)C1. The minimum absolute atomic E-state index is 0.00488. The molecule has 2 aromatic rings. The first-order valence-electron chi connectivity index (χ1n) is 11.5. The number of amides is 2. The first-order chi connectivity index (χ1) is 15.8. The lowest BCUT2D eigenvalue weighted by Crippen LogP contribution is -2.52. The van der Waals surface area contributed by atoms with Crippen molar-refractivity contribution >= 4 is 18.0 Å². The molecule has 1 fully saturated rings. The Morgan fingerprint density at radius 1 is 1.00 bits per heavy atom. The number of carbonyl (C=O) groups is 3. The van der Waals surface area contributed by atoms with Gasteiger partial charge in [0.1, 0.15) is 6.61 Å². The molecule has 33 heavy (non-hydrogen) atoms. The number of fused-ring (bicyclic) bond motifs is 3. The number of nitrogens with one attached hydrogen (secondary N) is 2. The van der Waals surface area contributed by atoms with Crippen LogP contribution in [0.15, 0.2) is 48.5 Å². The van der Waals surface area contributed by atoms with Crippen LogP contribution in [-0.4, -0.2) is 41.8 Å². The van der Waals surface area contributed by atoms with Crippen molar-refractivity contribution < 1.29 is 24.2 Å².